The fourth-order valence-corrected chi connectivity index (χ4v) is 2.75. The molecule has 0 bridgehead atoms. The monoisotopic (exact) mass is 421 g/mol. The number of hydrogen-bond donors (Lipinski definition) is 1. The van der Waals surface area contributed by atoms with Gasteiger partial charge < -0.3 is 14.8 Å². The number of carbonyl (C=O) groups excluding carboxylic acids is 3. The van der Waals surface area contributed by atoms with Gasteiger partial charge in [-0.15, -0.1) is 0 Å². The molecule has 7 heteroatoms. The molecule has 31 heavy (non-hydrogen) atoms. The lowest BCUT2D eigenvalue weighted by atomic mass is 10.0. The van der Waals surface area contributed by atoms with Crippen LogP contribution in [0.15, 0.2) is 72.8 Å². The highest BCUT2D eigenvalue weighted by Crippen LogP contribution is 2.23. The Labute approximate surface area is 178 Å². The minimum Gasteiger partial charge on any atom is -0.452 e. The molecule has 0 fully saturated rings. The number of amides is 1. The lowest BCUT2D eigenvalue weighted by Crippen LogP contribution is -2.28. The third-order valence-corrected chi connectivity index (χ3v) is 4.31. The van der Waals surface area contributed by atoms with Gasteiger partial charge in [0.15, 0.2) is 6.61 Å². The first-order valence-corrected chi connectivity index (χ1v) is 9.48. The van der Waals surface area contributed by atoms with Crippen molar-refractivity contribution < 1.29 is 28.2 Å². The summed E-state index contributed by atoms with van der Waals surface area (Å²) in [4.78, 5) is 35.0. The molecule has 0 aromatic heterocycles. The molecule has 0 aliphatic carbocycles. The standard InChI is InChI=1S/C24H20FNO5/c1-16(27)31-22-12-8-19(9-13-22)18-4-6-20(7-5-18)24(29)30-15-23(28)26-14-17-2-10-21(25)11-3-17/h2-13H,14-15H2,1H3,(H,26,28). The largest absolute Gasteiger partial charge is 0.452 e. The van der Waals surface area contributed by atoms with E-state index in [0.29, 0.717) is 11.3 Å². The number of halogens is 1. The molecule has 0 aliphatic heterocycles. The zero-order valence-corrected chi connectivity index (χ0v) is 16.8. The van der Waals surface area contributed by atoms with Gasteiger partial charge in [-0.25, -0.2) is 9.18 Å². The van der Waals surface area contributed by atoms with Crippen molar-refractivity contribution in [3.8, 4) is 16.9 Å². The third-order valence-electron chi connectivity index (χ3n) is 4.31. The lowest BCUT2D eigenvalue weighted by Gasteiger charge is -2.08. The number of benzene rings is 3. The number of nitrogens with one attached hydrogen (secondary N) is 1. The average Bonchev–Trinajstić information content (AvgIpc) is 2.77. The molecule has 0 saturated carbocycles. The number of rotatable bonds is 7. The maximum atomic E-state index is 12.9. The summed E-state index contributed by atoms with van der Waals surface area (Å²) in [6.45, 7) is 1.13. The van der Waals surface area contributed by atoms with Crippen molar-refractivity contribution >= 4 is 17.8 Å². The van der Waals surface area contributed by atoms with Crippen LogP contribution < -0.4 is 10.1 Å². The van der Waals surface area contributed by atoms with Gasteiger partial charge in [0.1, 0.15) is 11.6 Å². The summed E-state index contributed by atoms with van der Waals surface area (Å²) in [6, 6.07) is 19.4. The van der Waals surface area contributed by atoms with Crippen LogP contribution in [0.1, 0.15) is 22.8 Å². The van der Waals surface area contributed by atoms with Crippen LogP contribution in [0.2, 0.25) is 0 Å². The van der Waals surface area contributed by atoms with E-state index in [9.17, 15) is 18.8 Å². The van der Waals surface area contributed by atoms with E-state index in [1.807, 2.05) is 0 Å². The molecule has 1 N–H and O–H groups in total. The van der Waals surface area contributed by atoms with Crippen molar-refractivity contribution in [3.63, 3.8) is 0 Å². The molecule has 0 atom stereocenters. The Morgan fingerprint density at radius 1 is 0.839 bits per heavy atom. The van der Waals surface area contributed by atoms with Crippen molar-refractivity contribution in [2.75, 3.05) is 6.61 Å². The van der Waals surface area contributed by atoms with Crippen LogP contribution >= 0.6 is 0 Å². The fourth-order valence-electron chi connectivity index (χ4n) is 2.75. The zero-order valence-electron chi connectivity index (χ0n) is 16.8. The van der Waals surface area contributed by atoms with Crippen molar-refractivity contribution in [2.24, 2.45) is 0 Å². The van der Waals surface area contributed by atoms with E-state index >= 15 is 0 Å². The molecular formula is C24H20FNO5. The van der Waals surface area contributed by atoms with Gasteiger partial charge in [-0.05, 0) is 53.1 Å². The van der Waals surface area contributed by atoms with E-state index in [2.05, 4.69) is 5.32 Å². The molecule has 158 valence electrons. The summed E-state index contributed by atoms with van der Waals surface area (Å²) in [5.41, 5.74) is 2.79. The van der Waals surface area contributed by atoms with Gasteiger partial charge in [0, 0.05) is 13.5 Å². The van der Waals surface area contributed by atoms with Crippen LogP contribution in [-0.2, 0) is 20.9 Å². The second-order valence-electron chi connectivity index (χ2n) is 6.67. The van der Waals surface area contributed by atoms with E-state index in [0.717, 1.165) is 16.7 Å². The molecule has 0 spiro atoms. The summed E-state index contributed by atoms with van der Waals surface area (Å²) in [7, 11) is 0. The molecule has 0 heterocycles. The summed E-state index contributed by atoms with van der Waals surface area (Å²) >= 11 is 0. The molecule has 6 nitrogen and oxygen atoms in total. The van der Waals surface area contributed by atoms with E-state index in [1.54, 1.807) is 60.7 Å². The Kier molecular flexibility index (Phi) is 7.11. The average molecular weight is 421 g/mol. The molecule has 3 aromatic carbocycles. The predicted octanol–water partition coefficient (Wildman–Crippen LogP) is 3.89. The first-order valence-electron chi connectivity index (χ1n) is 9.48. The van der Waals surface area contributed by atoms with Gasteiger partial charge in [-0.1, -0.05) is 36.4 Å². The molecule has 3 rings (SSSR count). The summed E-state index contributed by atoms with van der Waals surface area (Å²) in [6.07, 6.45) is 0. The van der Waals surface area contributed by atoms with Gasteiger partial charge >= 0.3 is 11.9 Å². The van der Waals surface area contributed by atoms with Gasteiger partial charge in [-0.2, -0.15) is 0 Å². The Balaban J connectivity index is 1.50. The highest BCUT2D eigenvalue weighted by atomic mass is 19.1. The van der Waals surface area contributed by atoms with Crippen LogP contribution in [0.25, 0.3) is 11.1 Å². The second-order valence-corrected chi connectivity index (χ2v) is 6.67. The molecule has 0 saturated heterocycles. The molecular weight excluding hydrogens is 401 g/mol. The maximum absolute atomic E-state index is 12.9. The van der Waals surface area contributed by atoms with Gasteiger partial charge in [0.05, 0.1) is 5.56 Å². The maximum Gasteiger partial charge on any atom is 0.338 e. The predicted molar refractivity (Wildman–Crippen MR) is 112 cm³/mol. The van der Waals surface area contributed by atoms with Gasteiger partial charge in [-0.3, -0.25) is 9.59 Å². The Morgan fingerprint density at radius 2 is 1.42 bits per heavy atom. The normalized spacial score (nSPS) is 10.3. The van der Waals surface area contributed by atoms with Crippen molar-refractivity contribution in [1.82, 2.24) is 5.32 Å². The minimum absolute atomic E-state index is 0.210. The Bertz CT molecular complexity index is 1060. The van der Waals surface area contributed by atoms with E-state index in [4.69, 9.17) is 9.47 Å². The van der Waals surface area contributed by atoms with Crippen molar-refractivity contribution in [3.05, 3.63) is 89.7 Å². The lowest BCUT2D eigenvalue weighted by molar-refractivity contribution is -0.131. The minimum atomic E-state index is -0.617. The van der Waals surface area contributed by atoms with Gasteiger partial charge in [0.2, 0.25) is 0 Å². The highest BCUT2D eigenvalue weighted by molar-refractivity contribution is 5.91. The van der Waals surface area contributed by atoms with Crippen LogP contribution in [0.4, 0.5) is 4.39 Å². The Hall–Kier alpha value is -4.00. The van der Waals surface area contributed by atoms with Crippen LogP contribution in [0.3, 0.4) is 0 Å². The number of hydrogen-bond acceptors (Lipinski definition) is 5. The van der Waals surface area contributed by atoms with Gasteiger partial charge in [0.25, 0.3) is 5.91 Å². The van der Waals surface area contributed by atoms with Crippen LogP contribution in [0, 0.1) is 5.82 Å². The Morgan fingerprint density at radius 3 is 2.00 bits per heavy atom. The van der Waals surface area contributed by atoms with Crippen LogP contribution in [0.5, 0.6) is 5.75 Å². The molecule has 3 aromatic rings. The van der Waals surface area contributed by atoms with E-state index in [-0.39, 0.29) is 18.3 Å². The molecule has 0 unspecified atom stereocenters. The summed E-state index contributed by atoms with van der Waals surface area (Å²) in [5.74, 6) is -1.36. The summed E-state index contributed by atoms with van der Waals surface area (Å²) in [5, 5.41) is 2.60. The van der Waals surface area contributed by atoms with Crippen LogP contribution in [-0.4, -0.2) is 24.5 Å². The topological polar surface area (TPSA) is 81.7 Å². The molecule has 1 amide bonds. The fraction of sp³-hybridized carbons (Fsp3) is 0.125. The third kappa shape index (κ3) is 6.50. The first kappa shape index (κ1) is 21.7. The number of carbonyl (C=O) groups is 3. The molecule has 0 radical (unpaired) electrons. The van der Waals surface area contributed by atoms with Crippen molar-refractivity contribution in [1.29, 1.82) is 0 Å². The zero-order chi connectivity index (χ0) is 22.2. The number of ether oxygens (including phenoxy) is 2. The highest BCUT2D eigenvalue weighted by Gasteiger charge is 2.11. The smallest absolute Gasteiger partial charge is 0.338 e. The first-order chi connectivity index (χ1) is 14.9. The van der Waals surface area contributed by atoms with E-state index < -0.39 is 18.5 Å². The van der Waals surface area contributed by atoms with Crippen molar-refractivity contribution in [2.45, 2.75) is 13.5 Å². The molecule has 0 aliphatic rings. The SMILES string of the molecule is CC(=O)Oc1ccc(-c2ccc(C(=O)OCC(=O)NCc3ccc(F)cc3)cc2)cc1. The number of esters is 2. The summed E-state index contributed by atoms with van der Waals surface area (Å²) < 4.78 is 22.9. The quantitative estimate of drug-likeness (QED) is 0.462. The van der Waals surface area contributed by atoms with E-state index in [1.165, 1.54) is 19.1 Å². The second kappa shape index (κ2) is 10.2.